The maximum absolute atomic E-state index is 13.5. The van der Waals surface area contributed by atoms with Gasteiger partial charge in [-0.3, -0.25) is 19.1 Å². The van der Waals surface area contributed by atoms with Crippen LogP contribution in [0.2, 0.25) is 5.02 Å². The van der Waals surface area contributed by atoms with Crippen LogP contribution >= 0.6 is 11.6 Å². The highest BCUT2D eigenvalue weighted by atomic mass is 35.5. The molecule has 0 radical (unpaired) electrons. The van der Waals surface area contributed by atoms with E-state index >= 15 is 0 Å². The number of amides is 1. The molecule has 0 unspecified atom stereocenters. The van der Waals surface area contributed by atoms with Crippen LogP contribution in [0.1, 0.15) is 47.2 Å². The zero-order valence-electron chi connectivity index (χ0n) is 15.9. The first-order valence-corrected chi connectivity index (χ1v) is 9.81. The summed E-state index contributed by atoms with van der Waals surface area (Å²) in [7, 11) is 0. The zero-order valence-corrected chi connectivity index (χ0v) is 16.7. The first-order valence-electron chi connectivity index (χ1n) is 9.43. The van der Waals surface area contributed by atoms with Crippen LogP contribution in [-0.4, -0.2) is 55.2 Å². The second-order valence-electron chi connectivity index (χ2n) is 7.43. The molecule has 2 aromatic rings. The average molecular weight is 462 g/mol. The number of nitrogens with zero attached hydrogens (tertiary/aromatic N) is 5. The lowest BCUT2D eigenvalue weighted by Crippen LogP contribution is -2.42. The topological polar surface area (TPSA) is 90.1 Å². The number of ketones is 1. The summed E-state index contributed by atoms with van der Waals surface area (Å²) in [4.78, 5) is 43.0. The predicted molar refractivity (Wildman–Crippen MR) is 98.5 cm³/mol. The Morgan fingerprint density at radius 3 is 2.61 bits per heavy atom. The summed E-state index contributed by atoms with van der Waals surface area (Å²) in [5.74, 6) is -1.15. The molecule has 2 aliphatic heterocycles. The van der Waals surface area contributed by atoms with E-state index in [1.165, 1.54) is 4.90 Å². The van der Waals surface area contributed by atoms with Gasteiger partial charge in [0.1, 0.15) is 12.2 Å². The lowest BCUT2D eigenvalue weighted by Gasteiger charge is -2.26. The van der Waals surface area contributed by atoms with Crippen molar-refractivity contribution in [2.75, 3.05) is 13.1 Å². The molecular formula is C18H16ClF4N5O3. The van der Waals surface area contributed by atoms with Crippen molar-refractivity contribution in [1.82, 2.24) is 24.2 Å². The molecule has 1 saturated heterocycles. The highest BCUT2D eigenvalue weighted by Crippen LogP contribution is 2.31. The van der Waals surface area contributed by atoms with Crippen LogP contribution in [0.5, 0.6) is 0 Å². The van der Waals surface area contributed by atoms with Gasteiger partial charge in [-0.25, -0.2) is 13.9 Å². The van der Waals surface area contributed by atoms with Gasteiger partial charge < -0.3 is 4.90 Å². The number of carbonyl (C=O) groups excluding carboxylic acids is 2. The Labute approximate surface area is 177 Å². The SMILES string of the molecule is O=C1CC[C@@H](C(=O)N2CC[C@H](F)C2)n2c1nn(Cc1ncc(C(F)(F)F)cc1Cl)c2=O. The Morgan fingerprint density at radius 2 is 2.00 bits per heavy atom. The lowest BCUT2D eigenvalue weighted by molar-refractivity contribution is -0.138. The number of pyridine rings is 1. The minimum absolute atomic E-state index is 0.0148. The molecule has 2 aliphatic rings. The van der Waals surface area contributed by atoms with Crippen molar-refractivity contribution in [3.63, 3.8) is 0 Å². The van der Waals surface area contributed by atoms with Gasteiger partial charge in [0.05, 0.1) is 29.4 Å². The van der Waals surface area contributed by atoms with E-state index in [2.05, 4.69) is 10.1 Å². The van der Waals surface area contributed by atoms with Crippen LogP contribution in [0.4, 0.5) is 17.6 Å². The summed E-state index contributed by atoms with van der Waals surface area (Å²) in [6.45, 7) is -0.249. The lowest BCUT2D eigenvalue weighted by atomic mass is 10.0. The van der Waals surface area contributed by atoms with E-state index < -0.39 is 41.3 Å². The van der Waals surface area contributed by atoms with Crippen LogP contribution < -0.4 is 5.69 Å². The van der Waals surface area contributed by atoms with Crippen molar-refractivity contribution < 1.29 is 27.2 Å². The van der Waals surface area contributed by atoms with E-state index in [1.54, 1.807) is 0 Å². The van der Waals surface area contributed by atoms with Gasteiger partial charge in [0.2, 0.25) is 11.7 Å². The minimum Gasteiger partial charge on any atom is -0.338 e. The zero-order chi connectivity index (χ0) is 22.5. The molecule has 1 fully saturated rings. The Hall–Kier alpha value is -2.76. The molecule has 0 bridgehead atoms. The number of rotatable bonds is 3. The van der Waals surface area contributed by atoms with Crippen molar-refractivity contribution in [1.29, 1.82) is 0 Å². The fourth-order valence-electron chi connectivity index (χ4n) is 3.74. The molecule has 31 heavy (non-hydrogen) atoms. The molecular weight excluding hydrogens is 446 g/mol. The van der Waals surface area contributed by atoms with Gasteiger partial charge in [-0.05, 0) is 18.9 Å². The van der Waals surface area contributed by atoms with E-state index in [-0.39, 0.29) is 55.4 Å². The monoisotopic (exact) mass is 461 g/mol. The number of carbonyl (C=O) groups is 2. The third-order valence-corrected chi connectivity index (χ3v) is 5.68. The van der Waals surface area contributed by atoms with Crippen LogP contribution in [0.25, 0.3) is 0 Å². The van der Waals surface area contributed by atoms with Crippen LogP contribution in [0.15, 0.2) is 17.1 Å². The van der Waals surface area contributed by atoms with E-state index in [1.807, 2.05) is 0 Å². The van der Waals surface area contributed by atoms with Crippen molar-refractivity contribution >= 4 is 23.3 Å². The summed E-state index contributed by atoms with van der Waals surface area (Å²) in [6, 6.07) is -0.321. The average Bonchev–Trinajstić information content (AvgIpc) is 3.27. The van der Waals surface area contributed by atoms with E-state index in [0.717, 1.165) is 9.25 Å². The number of halogens is 5. The fraction of sp³-hybridized carbons (Fsp3) is 0.500. The van der Waals surface area contributed by atoms with Crippen molar-refractivity contribution in [2.24, 2.45) is 0 Å². The molecule has 0 N–H and O–H groups in total. The second kappa shape index (κ2) is 7.74. The van der Waals surface area contributed by atoms with Gasteiger partial charge in [0, 0.05) is 19.2 Å². The normalized spacial score (nSPS) is 21.5. The van der Waals surface area contributed by atoms with E-state index in [0.29, 0.717) is 12.3 Å². The van der Waals surface area contributed by atoms with Gasteiger partial charge in [0.15, 0.2) is 5.78 Å². The van der Waals surface area contributed by atoms with Crippen LogP contribution in [0.3, 0.4) is 0 Å². The third kappa shape index (κ3) is 3.95. The molecule has 2 aromatic heterocycles. The summed E-state index contributed by atoms with van der Waals surface area (Å²) >= 11 is 5.90. The number of hydrogen-bond donors (Lipinski definition) is 0. The highest BCUT2D eigenvalue weighted by molar-refractivity contribution is 6.31. The molecule has 4 heterocycles. The van der Waals surface area contributed by atoms with Gasteiger partial charge in [-0.1, -0.05) is 11.6 Å². The first kappa shape index (κ1) is 21.5. The second-order valence-corrected chi connectivity index (χ2v) is 7.84. The van der Waals surface area contributed by atoms with Gasteiger partial charge >= 0.3 is 11.9 Å². The van der Waals surface area contributed by atoms with Crippen LogP contribution in [0, 0.1) is 0 Å². The fourth-order valence-corrected chi connectivity index (χ4v) is 3.97. The number of likely N-dealkylation sites (tertiary alicyclic amines) is 1. The van der Waals surface area contributed by atoms with E-state index in [4.69, 9.17) is 11.6 Å². The minimum atomic E-state index is -4.63. The van der Waals surface area contributed by atoms with E-state index in [9.17, 15) is 31.9 Å². The molecule has 0 aliphatic carbocycles. The Kier molecular flexibility index (Phi) is 5.36. The quantitative estimate of drug-likeness (QED) is 0.654. The number of fused-ring (bicyclic) bond motifs is 1. The van der Waals surface area contributed by atoms with Crippen molar-refractivity contribution in [3.05, 3.63) is 44.9 Å². The molecule has 166 valence electrons. The summed E-state index contributed by atoms with van der Waals surface area (Å²) in [6.07, 6.45) is -4.92. The summed E-state index contributed by atoms with van der Waals surface area (Å²) in [5.41, 5.74) is -1.90. The Balaban J connectivity index is 1.66. The Morgan fingerprint density at radius 1 is 1.26 bits per heavy atom. The smallest absolute Gasteiger partial charge is 0.338 e. The number of Topliss-reactive ketones (excluding diaryl/α,β-unsaturated/α-hetero) is 1. The molecule has 0 saturated carbocycles. The summed E-state index contributed by atoms with van der Waals surface area (Å²) < 4.78 is 53.7. The van der Waals surface area contributed by atoms with Gasteiger partial charge in [-0.2, -0.15) is 13.2 Å². The molecule has 2 atom stereocenters. The number of alkyl halides is 4. The number of aromatic nitrogens is 4. The van der Waals surface area contributed by atoms with Crippen LogP contribution in [-0.2, 0) is 17.5 Å². The molecule has 0 aromatic carbocycles. The molecule has 0 spiro atoms. The molecule has 8 nitrogen and oxygen atoms in total. The van der Waals surface area contributed by atoms with Gasteiger partial charge in [0.25, 0.3) is 0 Å². The highest BCUT2D eigenvalue weighted by Gasteiger charge is 2.39. The van der Waals surface area contributed by atoms with Gasteiger partial charge in [-0.15, -0.1) is 5.10 Å². The van der Waals surface area contributed by atoms with Crippen molar-refractivity contribution in [2.45, 2.75) is 44.2 Å². The molecule has 13 heteroatoms. The molecule has 1 amide bonds. The predicted octanol–water partition coefficient (Wildman–Crippen LogP) is 2.25. The summed E-state index contributed by atoms with van der Waals surface area (Å²) in [5, 5.41) is 3.64. The largest absolute Gasteiger partial charge is 0.417 e. The standard InChI is InChI=1S/C18H16ClF4N5O3/c19-11-5-9(18(21,22)23)6-24-12(11)8-27-17(31)28-13(1-2-14(29)15(28)25-27)16(30)26-4-3-10(20)7-26/h5-6,10,13H,1-4,7-8H2/t10-,13-/m0/s1. The number of hydrogen-bond acceptors (Lipinski definition) is 5. The third-order valence-electron chi connectivity index (χ3n) is 5.35. The Bertz CT molecular complexity index is 1110. The molecule has 4 rings (SSSR count). The first-order chi connectivity index (χ1) is 14.6. The maximum Gasteiger partial charge on any atom is 0.417 e. The maximum atomic E-state index is 13.5. The van der Waals surface area contributed by atoms with Crippen molar-refractivity contribution in [3.8, 4) is 0 Å².